The fraction of sp³-hybridized carbons (Fsp3) is 0.562. The predicted octanol–water partition coefficient (Wildman–Crippen LogP) is 3.37. The fourth-order valence-corrected chi connectivity index (χ4v) is 2.78. The Labute approximate surface area is 120 Å². The molecule has 0 atom stereocenters. The monoisotopic (exact) mass is 277 g/mol. The van der Waals surface area contributed by atoms with E-state index >= 15 is 0 Å². The normalized spacial score (nSPS) is 17.3. The summed E-state index contributed by atoms with van der Waals surface area (Å²) in [5, 5.41) is 3.40. The van der Waals surface area contributed by atoms with E-state index in [9.17, 15) is 4.79 Å². The highest BCUT2D eigenvalue weighted by atomic mass is 16.5. The average Bonchev–Trinajstić information content (AvgIpc) is 2.48. The number of esters is 1. The molecule has 2 rings (SSSR count). The zero-order chi connectivity index (χ0) is 14.4. The summed E-state index contributed by atoms with van der Waals surface area (Å²) >= 11 is 0. The van der Waals surface area contributed by atoms with Crippen molar-refractivity contribution in [2.75, 3.05) is 19.0 Å². The van der Waals surface area contributed by atoms with Gasteiger partial charge in [-0.15, -0.1) is 0 Å². The van der Waals surface area contributed by atoms with Gasteiger partial charge in [0.2, 0.25) is 0 Å². The summed E-state index contributed by atoms with van der Waals surface area (Å²) in [6.45, 7) is 2.26. The van der Waals surface area contributed by atoms with Crippen molar-refractivity contribution < 1.29 is 14.3 Å². The number of rotatable bonds is 5. The van der Waals surface area contributed by atoms with E-state index in [2.05, 4.69) is 5.32 Å². The first-order valence-electron chi connectivity index (χ1n) is 7.29. The Kier molecular flexibility index (Phi) is 4.88. The molecule has 1 fully saturated rings. The highest BCUT2D eigenvalue weighted by Gasteiger charge is 2.40. The van der Waals surface area contributed by atoms with Crippen LogP contribution in [-0.2, 0) is 9.53 Å². The Morgan fingerprint density at radius 3 is 2.70 bits per heavy atom. The van der Waals surface area contributed by atoms with Crippen molar-refractivity contribution in [1.29, 1.82) is 0 Å². The predicted molar refractivity (Wildman–Crippen MR) is 79.1 cm³/mol. The van der Waals surface area contributed by atoms with Crippen LogP contribution in [0.5, 0.6) is 5.75 Å². The third kappa shape index (κ3) is 3.24. The maximum absolute atomic E-state index is 12.4. The third-order valence-electron chi connectivity index (χ3n) is 3.83. The molecule has 4 nitrogen and oxygen atoms in total. The van der Waals surface area contributed by atoms with E-state index in [1.807, 2.05) is 31.2 Å². The van der Waals surface area contributed by atoms with Gasteiger partial charge < -0.3 is 14.8 Å². The van der Waals surface area contributed by atoms with E-state index in [1.54, 1.807) is 7.11 Å². The fourth-order valence-electron chi connectivity index (χ4n) is 2.78. The summed E-state index contributed by atoms with van der Waals surface area (Å²) in [6.07, 6.45) is 4.93. The SMILES string of the molecule is CCOC(=O)C1(Nc2cccc(OC)c2)CCCCC1. The maximum atomic E-state index is 12.4. The second-order valence-electron chi connectivity index (χ2n) is 5.22. The molecular weight excluding hydrogens is 254 g/mol. The zero-order valence-electron chi connectivity index (χ0n) is 12.3. The van der Waals surface area contributed by atoms with Gasteiger partial charge in [0.25, 0.3) is 0 Å². The van der Waals surface area contributed by atoms with Crippen LogP contribution in [0.1, 0.15) is 39.0 Å². The van der Waals surface area contributed by atoms with Crippen LogP contribution in [0.15, 0.2) is 24.3 Å². The van der Waals surface area contributed by atoms with Gasteiger partial charge in [-0.1, -0.05) is 25.3 Å². The standard InChI is InChI=1S/C16H23NO3/c1-3-20-15(18)16(10-5-4-6-11-16)17-13-8-7-9-14(12-13)19-2/h7-9,12,17H,3-6,10-11H2,1-2H3. The Hall–Kier alpha value is -1.71. The highest BCUT2D eigenvalue weighted by molar-refractivity contribution is 5.84. The number of hydrogen-bond donors (Lipinski definition) is 1. The first-order valence-corrected chi connectivity index (χ1v) is 7.29. The minimum atomic E-state index is -0.583. The van der Waals surface area contributed by atoms with Crippen molar-refractivity contribution >= 4 is 11.7 Å². The summed E-state index contributed by atoms with van der Waals surface area (Å²) in [5.41, 5.74) is 0.319. The topological polar surface area (TPSA) is 47.6 Å². The van der Waals surface area contributed by atoms with E-state index in [-0.39, 0.29) is 5.97 Å². The number of carbonyl (C=O) groups is 1. The quantitative estimate of drug-likeness (QED) is 0.838. The van der Waals surface area contributed by atoms with Crippen molar-refractivity contribution in [2.24, 2.45) is 0 Å². The summed E-state index contributed by atoms with van der Waals surface area (Å²) in [5.74, 6) is 0.646. The molecule has 20 heavy (non-hydrogen) atoms. The van der Waals surface area contributed by atoms with Gasteiger partial charge >= 0.3 is 5.97 Å². The largest absolute Gasteiger partial charge is 0.497 e. The second-order valence-corrected chi connectivity index (χ2v) is 5.22. The highest BCUT2D eigenvalue weighted by Crippen LogP contribution is 2.33. The summed E-state index contributed by atoms with van der Waals surface area (Å²) in [4.78, 5) is 12.4. The van der Waals surface area contributed by atoms with Gasteiger partial charge in [0.15, 0.2) is 0 Å². The summed E-state index contributed by atoms with van der Waals surface area (Å²) in [6, 6.07) is 7.68. The van der Waals surface area contributed by atoms with E-state index in [4.69, 9.17) is 9.47 Å². The molecule has 0 unspecified atom stereocenters. The first kappa shape index (κ1) is 14.7. The molecule has 0 aromatic heterocycles. The van der Waals surface area contributed by atoms with Gasteiger partial charge in [-0.3, -0.25) is 0 Å². The van der Waals surface area contributed by atoms with Crippen LogP contribution in [0.3, 0.4) is 0 Å². The molecule has 0 amide bonds. The number of anilines is 1. The molecule has 0 spiro atoms. The van der Waals surface area contributed by atoms with Crippen molar-refractivity contribution in [1.82, 2.24) is 0 Å². The van der Waals surface area contributed by atoms with Crippen molar-refractivity contribution in [3.63, 3.8) is 0 Å². The Balaban J connectivity index is 2.20. The van der Waals surface area contributed by atoms with Crippen molar-refractivity contribution in [3.8, 4) is 5.75 Å². The van der Waals surface area contributed by atoms with E-state index in [0.717, 1.165) is 37.1 Å². The first-order chi connectivity index (χ1) is 9.70. The lowest BCUT2D eigenvalue weighted by molar-refractivity contribution is -0.149. The molecule has 0 aliphatic heterocycles. The van der Waals surface area contributed by atoms with E-state index < -0.39 is 5.54 Å². The lowest BCUT2D eigenvalue weighted by Gasteiger charge is -2.36. The minimum Gasteiger partial charge on any atom is -0.497 e. The van der Waals surface area contributed by atoms with Crippen LogP contribution in [0, 0.1) is 0 Å². The molecule has 0 radical (unpaired) electrons. The van der Waals surface area contributed by atoms with Gasteiger partial charge in [0, 0.05) is 11.8 Å². The molecule has 0 heterocycles. The number of hydrogen-bond acceptors (Lipinski definition) is 4. The van der Waals surface area contributed by atoms with Gasteiger partial charge in [-0.05, 0) is 31.9 Å². The minimum absolute atomic E-state index is 0.137. The zero-order valence-corrected chi connectivity index (χ0v) is 12.3. The van der Waals surface area contributed by atoms with Gasteiger partial charge in [0.05, 0.1) is 13.7 Å². The van der Waals surface area contributed by atoms with Crippen LogP contribution in [0.25, 0.3) is 0 Å². The van der Waals surface area contributed by atoms with Gasteiger partial charge in [0.1, 0.15) is 11.3 Å². The number of methoxy groups -OCH3 is 1. The molecule has 1 aromatic carbocycles. The van der Waals surface area contributed by atoms with Crippen LogP contribution >= 0.6 is 0 Å². The average molecular weight is 277 g/mol. The molecule has 1 N–H and O–H groups in total. The lowest BCUT2D eigenvalue weighted by atomic mass is 9.81. The van der Waals surface area contributed by atoms with Crippen LogP contribution < -0.4 is 10.1 Å². The Bertz CT molecular complexity index is 453. The second kappa shape index (κ2) is 6.64. The molecule has 1 saturated carbocycles. The lowest BCUT2D eigenvalue weighted by Crippen LogP contribution is -2.49. The molecule has 1 aliphatic carbocycles. The molecular formula is C16H23NO3. The molecule has 1 aromatic rings. The van der Waals surface area contributed by atoms with Crippen LogP contribution in [0.4, 0.5) is 5.69 Å². The number of nitrogens with one attached hydrogen (secondary N) is 1. The number of benzene rings is 1. The van der Waals surface area contributed by atoms with Crippen LogP contribution in [0.2, 0.25) is 0 Å². The Morgan fingerprint density at radius 1 is 1.30 bits per heavy atom. The number of ether oxygens (including phenoxy) is 2. The van der Waals surface area contributed by atoms with Crippen molar-refractivity contribution in [2.45, 2.75) is 44.6 Å². The summed E-state index contributed by atoms with van der Waals surface area (Å²) < 4.78 is 10.5. The molecule has 110 valence electrons. The molecule has 0 saturated heterocycles. The third-order valence-corrected chi connectivity index (χ3v) is 3.83. The van der Waals surface area contributed by atoms with Crippen molar-refractivity contribution in [3.05, 3.63) is 24.3 Å². The smallest absolute Gasteiger partial charge is 0.331 e. The maximum Gasteiger partial charge on any atom is 0.331 e. The summed E-state index contributed by atoms with van der Waals surface area (Å²) in [7, 11) is 1.64. The number of carbonyl (C=O) groups excluding carboxylic acids is 1. The Morgan fingerprint density at radius 2 is 2.05 bits per heavy atom. The van der Waals surface area contributed by atoms with E-state index in [0.29, 0.717) is 6.61 Å². The molecule has 1 aliphatic rings. The van der Waals surface area contributed by atoms with Gasteiger partial charge in [-0.2, -0.15) is 0 Å². The molecule has 0 bridgehead atoms. The molecule has 4 heteroatoms. The van der Waals surface area contributed by atoms with E-state index in [1.165, 1.54) is 6.42 Å². The van der Waals surface area contributed by atoms with Crippen LogP contribution in [-0.4, -0.2) is 25.2 Å². The van der Waals surface area contributed by atoms with Gasteiger partial charge in [-0.25, -0.2) is 4.79 Å².